The average molecular weight is 479 g/mol. The third kappa shape index (κ3) is 3.82. The fraction of sp³-hybridized carbons (Fsp3) is 0.167. The molecule has 0 N–H and O–H groups in total. The van der Waals surface area contributed by atoms with Gasteiger partial charge in [-0.3, -0.25) is 14.7 Å². The molecule has 0 spiro atoms. The van der Waals surface area contributed by atoms with Crippen molar-refractivity contribution in [2.75, 3.05) is 13.8 Å². The molecule has 0 saturated heterocycles. The lowest BCUT2D eigenvalue weighted by molar-refractivity contribution is 0.0872. The third-order valence-electron chi connectivity index (χ3n) is 5.29. The maximum absolute atomic E-state index is 13.0. The predicted molar refractivity (Wildman–Crippen MR) is 119 cm³/mol. The summed E-state index contributed by atoms with van der Waals surface area (Å²) in [7, 11) is 1.60. The minimum Gasteiger partial charge on any atom is -0.496 e. The smallest absolute Gasteiger partial charge is 0.231 e. The van der Waals surface area contributed by atoms with E-state index >= 15 is 0 Å². The van der Waals surface area contributed by atoms with Crippen molar-refractivity contribution < 1.29 is 19.0 Å². The summed E-state index contributed by atoms with van der Waals surface area (Å²) in [4.78, 5) is 19.4. The molecule has 5 rings (SSSR count). The fourth-order valence-corrected chi connectivity index (χ4v) is 4.19. The number of allylic oxidation sites excluding steroid dienone is 1. The van der Waals surface area contributed by atoms with E-state index in [1.54, 1.807) is 25.4 Å². The number of hydrogen-bond donors (Lipinski definition) is 0. The van der Waals surface area contributed by atoms with Crippen LogP contribution in [0.3, 0.4) is 0 Å². The maximum atomic E-state index is 13.0. The van der Waals surface area contributed by atoms with E-state index in [4.69, 9.17) is 14.2 Å². The number of halogens is 1. The zero-order valence-electron chi connectivity index (χ0n) is 16.8. The number of ketones is 1. The summed E-state index contributed by atoms with van der Waals surface area (Å²) >= 11 is 3.46. The van der Waals surface area contributed by atoms with Gasteiger partial charge in [0.25, 0.3) is 0 Å². The number of fused-ring (bicyclic) bond motifs is 3. The van der Waals surface area contributed by atoms with Crippen molar-refractivity contribution in [1.82, 2.24) is 9.88 Å². The summed E-state index contributed by atoms with van der Waals surface area (Å²) < 4.78 is 18.3. The molecule has 2 aliphatic rings. The Bertz CT molecular complexity index is 1190. The Balaban J connectivity index is 1.45. The second-order valence-electron chi connectivity index (χ2n) is 7.37. The fourth-order valence-electron chi connectivity index (χ4n) is 3.81. The number of Topliss-reactive ketones (excluding diaryl/α,β-unsaturated/α-hetero) is 1. The Morgan fingerprint density at radius 2 is 2.16 bits per heavy atom. The highest BCUT2D eigenvalue weighted by Gasteiger charge is 2.33. The molecule has 0 fully saturated rings. The molecule has 31 heavy (non-hydrogen) atoms. The summed E-state index contributed by atoms with van der Waals surface area (Å²) in [6, 6.07) is 13.2. The molecule has 6 nitrogen and oxygen atoms in total. The highest BCUT2D eigenvalue weighted by atomic mass is 79.9. The van der Waals surface area contributed by atoms with Crippen LogP contribution in [0.25, 0.3) is 6.08 Å². The monoisotopic (exact) mass is 478 g/mol. The van der Waals surface area contributed by atoms with Crippen molar-refractivity contribution in [3.63, 3.8) is 0 Å². The number of pyridine rings is 1. The zero-order chi connectivity index (χ0) is 21.4. The Kier molecular flexibility index (Phi) is 5.21. The normalized spacial score (nSPS) is 16.5. The molecule has 0 bridgehead atoms. The van der Waals surface area contributed by atoms with Crippen LogP contribution in [0.15, 0.2) is 65.1 Å². The number of carbonyl (C=O) groups excluding carboxylic acids is 1. The average Bonchev–Trinajstić information content (AvgIpc) is 3.10. The number of carbonyl (C=O) groups is 1. The van der Waals surface area contributed by atoms with E-state index in [-0.39, 0.29) is 11.5 Å². The van der Waals surface area contributed by atoms with Gasteiger partial charge in [-0.2, -0.15) is 0 Å². The number of hydrogen-bond acceptors (Lipinski definition) is 6. The van der Waals surface area contributed by atoms with Gasteiger partial charge in [-0.25, -0.2) is 0 Å². The Morgan fingerprint density at radius 1 is 1.26 bits per heavy atom. The molecule has 156 valence electrons. The van der Waals surface area contributed by atoms with Crippen molar-refractivity contribution in [3.8, 4) is 17.2 Å². The van der Waals surface area contributed by atoms with E-state index in [1.165, 1.54) is 0 Å². The van der Waals surface area contributed by atoms with Crippen LogP contribution < -0.4 is 14.2 Å². The van der Waals surface area contributed by atoms with Gasteiger partial charge in [0.2, 0.25) is 5.78 Å². The van der Waals surface area contributed by atoms with Gasteiger partial charge in [-0.05, 0) is 48.0 Å². The molecular weight excluding hydrogens is 460 g/mol. The first-order chi connectivity index (χ1) is 15.1. The van der Waals surface area contributed by atoms with Crippen LogP contribution in [0.2, 0.25) is 0 Å². The molecule has 0 atom stereocenters. The van der Waals surface area contributed by atoms with Gasteiger partial charge < -0.3 is 14.2 Å². The molecule has 0 unspecified atom stereocenters. The minimum atomic E-state index is -0.149. The van der Waals surface area contributed by atoms with Crippen LogP contribution >= 0.6 is 15.9 Å². The SMILES string of the molecule is COc1ccc(Br)cc1C=C1Oc2c(ccc3c2CN(Cc2cccnc2)CO3)C1=O. The molecule has 3 aromatic rings. The van der Waals surface area contributed by atoms with E-state index in [2.05, 4.69) is 25.8 Å². The molecule has 1 aromatic heterocycles. The Labute approximate surface area is 188 Å². The van der Waals surface area contributed by atoms with Crippen molar-refractivity contribution in [3.05, 3.63) is 87.3 Å². The quantitative estimate of drug-likeness (QED) is 0.501. The molecule has 2 aliphatic heterocycles. The van der Waals surface area contributed by atoms with Crippen molar-refractivity contribution in [2.24, 2.45) is 0 Å². The van der Waals surface area contributed by atoms with Crippen molar-refractivity contribution in [1.29, 1.82) is 0 Å². The van der Waals surface area contributed by atoms with Gasteiger partial charge in [0.1, 0.15) is 24.0 Å². The van der Waals surface area contributed by atoms with Gasteiger partial charge in [-0.15, -0.1) is 0 Å². The van der Waals surface area contributed by atoms with Gasteiger partial charge in [-0.1, -0.05) is 22.0 Å². The van der Waals surface area contributed by atoms with Crippen LogP contribution in [-0.2, 0) is 13.1 Å². The van der Waals surface area contributed by atoms with E-state index in [9.17, 15) is 4.79 Å². The largest absolute Gasteiger partial charge is 0.496 e. The zero-order valence-corrected chi connectivity index (χ0v) is 18.4. The van der Waals surface area contributed by atoms with Crippen LogP contribution in [0.4, 0.5) is 0 Å². The summed E-state index contributed by atoms with van der Waals surface area (Å²) in [5.41, 5.74) is 3.29. The number of rotatable bonds is 4. The second kappa shape index (κ2) is 8.17. The molecule has 2 aromatic carbocycles. The highest BCUT2D eigenvalue weighted by Crippen LogP contribution is 2.42. The van der Waals surface area contributed by atoms with E-state index in [0.29, 0.717) is 36.9 Å². The van der Waals surface area contributed by atoms with Crippen LogP contribution in [0.1, 0.15) is 27.0 Å². The standard InChI is InChI=1S/C24H19BrN2O4/c1-29-20-6-4-17(25)9-16(20)10-22-23(28)18-5-7-21-19(24(18)31-22)13-27(14-30-21)12-15-3-2-8-26-11-15/h2-11H,12-14H2,1H3. The highest BCUT2D eigenvalue weighted by molar-refractivity contribution is 9.10. The number of benzene rings is 2. The van der Waals surface area contributed by atoms with Gasteiger partial charge in [0, 0.05) is 35.5 Å². The summed E-state index contributed by atoms with van der Waals surface area (Å²) in [6.45, 7) is 1.78. The van der Waals surface area contributed by atoms with Gasteiger partial charge in [0.05, 0.1) is 18.2 Å². The molecule has 0 amide bonds. The van der Waals surface area contributed by atoms with Crippen molar-refractivity contribution in [2.45, 2.75) is 13.1 Å². The third-order valence-corrected chi connectivity index (χ3v) is 5.78. The number of methoxy groups -OCH3 is 1. The summed E-state index contributed by atoms with van der Waals surface area (Å²) in [5, 5.41) is 0. The molecule has 0 aliphatic carbocycles. The second-order valence-corrected chi connectivity index (χ2v) is 8.28. The van der Waals surface area contributed by atoms with E-state index < -0.39 is 0 Å². The lowest BCUT2D eigenvalue weighted by Crippen LogP contribution is -2.31. The Hall–Kier alpha value is -3.16. The van der Waals surface area contributed by atoms with Crippen LogP contribution in [-0.4, -0.2) is 29.5 Å². The first kappa shape index (κ1) is 19.8. The van der Waals surface area contributed by atoms with Crippen LogP contribution in [0, 0.1) is 0 Å². The Morgan fingerprint density at radius 3 is 2.97 bits per heavy atom. The topological polar surface area (TPSA) is 60.9 Å². The van der Waals surface area contributed by atoms with Gasteiger partial charge >= 0.3 is 0 Å². The van der Waals surface area contributed by atoms with Crippen molar-refractivity contribution >= 4 is 27.8 Å². The van der Waals surface area contributed by atoms with Crippen LogP contribution in [0.5, 0.6) is 17.2 Å². The molecule has 0 saturated carbocycles. The maximum Gasteiger partial charge on any atom is 0.231 e. The molecule has 0 radical (unpaired) electrons. The first-order valence-electron chi connectivity index (χ1n) is 9.80. The first-order valence-corrected chi connectivity index (χ1v) is 10.6. The number of aromatic nitrogens is 1. The molecule has 7 heteroatoms. The van der Waals surface area contributed by atoms with E-state index in [0.717, 1.165) is 26.9 Å². The minimum absolute atomic E-state index is 0.149. The summed E-state index contributed by atoms with van der Waals surface area (Å²) in [5.74, 6) is 2.10. The predicted octanol–water partition coefficient (Wildman–Crippen LogP) is 4.82. The number of ether oxygens (including phenoxy) is 3. The lowest BCUT2D eigenvalue weighted by Gasteiger charge is -2.29. The van der Waals surface area contributed by atoms with E-state index in [1.807, 2.05) is 42.6 Å². The summed E-state index contributed by atoms with van der Waals surface area (Å²) in [6.07, 6.45) is 5.32. The molecule has 3 heterocycles. The van der Waals surface area contributed by atoms with Gasteiger partial charge in [0.15, 0.2) is 5.76 Å². The molecular formula is C24H19BrN2O4. The lowest BCUT2D eigenvalue weighted by atomic mass is 10.0. The number of nitrogens with zero attached hydrogens (tertiary/aromatic N) is 2.